The van der Waals surface area contributed by atoms with Crippen LogP contribution in [0.2, 0.25) is 0 Å². The lowest BCUT2D eigenvalue weighted by molar-refractivity contribution is 0.0976. The van der Waals surface area contributed by atoms with Gasteiger partial charge in [-0.15, -0.1) is 0 Å². The van der Waals surface area contributed by atoms with Gasteiger partial charge in [0.25, 0.3) is 5.91 Å². The van der Waals surface area contributed by atoms with E-state index in [0.717, 1.165) is 31.6 Å². The van der Waals surface area contributed by atoms with E-state index >= 15 is 0 Å². The number of hydrogen-bond acceptors (Lipinski definition) is 7. The number of benzene rings is 1. The molecule has 0 bridgehead atoms. The topological polar surface area (TPSA) is 128 Å². The van der Waals surface area contributed by atoms with E-state index in [4.69, 9.17) is 16.0 Å². The van der Waals surface area contributed by atoms with E-state index in [-0.39, 0.29) is 11.4 Å². The van der Waals surface area contributed by atoms with Gasteiger partial charge in [0.1, 0.15) is 17.6 Å². The summed E-state index contributed by atoms with van der Waals surface area (Å²) in [6.07, 6.45) is 4.73. The van der Waals surface area contributed by atoms with Crippen LogP contribution in [0.25, 0.3) is 0 Å². The Labute approximate surface area is 172 Å². The third kappa shape index (κ3) is 4.05. The lowest BCUT2D eigenvalue weighted by Gasteiger charge is -2.41. The molecule has 4 rings (SSSR count). The molecule has 1 amide bonds. The van der Waals surface area contributed by atoms with E-state index in [9.17, 15) is 9.18 Å². The third-order valence-electron chi connectivity index (χ3n) is 5.62. The number of likely N-dealkylation sites (tertiary alicyclic amines) is 1. The van der Waals surface area contributed by atoms with Crippen molar-refractivity contribution in [3.8, 4) is 0 Å². The molecule has 5 N–H and O–H groups in total. The largest absolute Gasteiger partial charge is 0.365 e. The van der Waals surface area contributed by atoms with Crippen molar-refractivity contribution in [2.45, 2.75) is 24.9 Å². The van der Waals surface area contributed by atoms with Gasteiger partial charge in [-0.1, -0.05) is 5.16 Å². The Kier molecular flexibility index (Phi) is 5.51. The quantitative estimate of drug-likeness (QED) is 0.539. The predicted octanol–water partition coefficient (Wildman–Crippen LogP) is 1.80. The average molecular weight is 413 g/mol. The van der Waals surface area contributed by atoms with E-state index in [1.165, 1.54) is 12.1 Å². The number of carbonyl (C=O) groups is 1. The van der Waals surface area contributed by atoms with Crippen molar-refractivity contribution >= 4 is 17.4 Å². The number of piperidine rings is 1. The molecular formula is C20H24FN7O2. The fourth-order valence-electron chi connectivity index (χ4n) is 3.76. The summed E-state index contributed by atoms with van der Waals surface area (Å²) >= 11 is 0. The Bertz CT molecular complexity index is 993. The number of nitrogens with one attached hydrogen (secondary N) is 1. The van der Waals surface area contributed by atoms with Crippen LogP contribution in [0.1, 0.15) is 28.9 Å². The molecule has 0 aliphatic carbocycles. The SMILES string of the molecule is NCC1(n2cc(C(N)=O)c(Nc3ccc(F)cc3)n2)CCN(Cc2ccon2)CC1. The van der Waals surface area contributed by atoms with Crippen LogP contribution < -0.4 is 16.8 Å². The van der Waals surface area contributed by atoms with Gasteiger partial charge < -0.3 is 21.3 Å². The maximum Gasteiger partial charge on any atom is 0.254 e. The summed E-state index contributed by atoms with van der Waals surface area (Å²) in [5.74, 6) is -0.617. The molecule has 158 valence electrons. The van der Waals surface area contributed by atoms with Crippen molar-refractivity contribution in [2.75, 3.05) is 25.0 Å². The van der Waals surface area contributed by atoms with Crippen molar-refractivity contribution in [2.24, 2.45) is 11.5 Å². The number of anilines is 2. The molecule has 1 fully saturated rings. The Hall–Kier alpha value is -3.24. The maximum atomic E-state index is 13.2. The number of carbonyl (C=O) groups excluding carboxylic acids is 1. The number of primary amides is 1. The van der Waals surface area contributed by atoms with Crippen LogP contribution in [0.3, 0.4) is 0 Å². The van der Waals surface area contributed by atoms with Gasteiger partial charge in [-0.3, -0.25) is 14.4 Å². The molecule has 0 spiro atoms. The zero-order chi connectivity index (χ0) is 21.1. The van der Waals surface area contributed by atoms with Crippen molar-refractivity contribution in [3.63, 3.8) is 0 Å². The highest BCUT2D eigenvalue weighted by molar-refractivity contribution is 5.98. The van der Waals surface area contributed by atoms with Gasteiger partial charge in [-0.2, -0.15) is 5.10 Å². The molecule has 30 heavy (non-hydrogen) atoms. The predicted molar refractivity (Wildman–Crippen MR) is 108 cm³/mol. The zero-order valence-corrected chi connectivity index (χ0v) is 16.4. The van der Waals surface area contributed by atoms with Gasteiger partial charge >= 0.3 is 0 Å². The minimum Gasteiger partial charge on any atom is -0.365 e. The van der Waals surface area contributed by atoms with Crippen LogP contribution in [-0.4, -0.2) is 45.4 Å². The van der Waals surface area contributed by atoms with Crippen LogP contribution in [-0.2, 0) is 12.1 Å². The average Bonchev–Trinajstić information content (AvgIpc) is 3.41. The molecule has 0 radical (unpaired) electrons. The van der Waals surface area contributed by atoms with Crippen LogP contribution in [0.15, 0.2) is 47.3 Å². The smallest absolute Gasteiger partial charge is 0.254 e. The van der Waals surface area contributed by atoms with Gasteiger partial charge in [0.05, 0.1) is 11.2 Å². The second kappa shape index (κ2) is 8.25. The van der Waals surface area contributed by atoms with Crippen molar-refractivity contribution in [1.29, 1.82) is 0 Å². The summed E-state index contributed by atoms with van der Waals surface area (Å²) in [5.41, 5.74) is 13.1. The molecule has 3 heterocycles. The molecule has 0 atom stereocenters. The van der Waals surface area contributed by atoms with Gasteiger partial charge in [0, 0.05) is 44.1 Å². The number of nitrogens with two attached hydrogens (primary N) is 2. The van der Waals surface area contributed by atoms with E-state index in [0.29, 0.717) is 24.6 Å². The number of amides is 1. The summed E-state index contributed by atoms with van der Waals surface area (Å²) in [4.78, 5) is 14.3. The molecule has 1 saturated heterocycles. The first-order valence-electron chi connectivity index (χ1n) is 9.73. The molecular weight excluding hydrogens is 389 g/mol. The molecule has 9 nitrogen and oxygen atoms in total. The Balaban J connectivity index is 1.54. The number of halogens is 1. The molecule has 1 aliphatic heterocycles. The van der Waals surface area contributed by atoms with E-state index in [2.05, 4.69) is 20.5 Å². The number of hydrogen-bond donors (Lipinski definition) is 3. The minimum atomic E-state index is -0.596. The zero-order valence-electron chi connectivity index (χ0n) is 16.4. The van der Waals surface area contributed by atoms with Crippen LogP contribution >= 0.6 is 0 Å². The van der Waals surface area contributed by atoms with Gasteiger partial charge in [0.2, 0.25) is 0 Å². The molecule has 10 heteroatoms. The highest BCUT2D eigenvalue weighted by atomic mass is 19.1. The molecule has 3 aromatic rings. The highest BCUT2D eigenvalue weighted by Crippen LogP contribution is 2.32. The number of rotatable bonds is 7. The molecule has 1 aliphatic rings. The Morgan fingerprint density at radius 1 is 1.23 bits per heavy atom. The summed E-state index contributed by atoms with van der Waals surface area (Å²) < 4.78 is 19.8. The van der Waals surface area contributed by atoms with E-state index in [1.807, 2.05) is 6.07 Å². The first-order valence-corrected chi connectivity index (χ1v) is 9.73. The fraction of sp³-hybridized carbons (Fsp3) is 0.350. The lowest BCUT2D eigenvalue weighted by atomic mass is 9.87. The molecule has 0 unspecified atom stereocenters. The minimum absolute atomic E-state index is 0.261. The molecule has 1 aromatic carbocycles. The summed E-state index contributed by atoms with van der Waals surface area (Å²) in [5, 5.41) is 11.6. The molecule has 2 aromatic heterocycles. The molecule has 0 saturated carbocycles. The standard InChI is InChI=1S/C20H24FN7O2/c21-14-1-3-15(4-2-14)24-19-17(18(23)29)12-28(25-19)20(13-22)6-8-27(9-7-20)11-16-5-10-30-26-16/h1-5,10,12H,6-9,11,13,22H2,(H2,23,29)(H,24,25). The van der Waals surface area contributed by atoms with E-state index < -0.39 is 11.4 Å². The fourth-order valence-corrected chi connectivity index (χ4v) is 3.76. The van der Waals surface area contributed by atoms with Crippen LogP contribution in [0.5, 0.6) is 0 Å². The van der Waals surface area contributed by atoms with Crippen LogP contribution in [0.4, 0.5) is 15.9 Å². The highest BCUT2D eigenvalue weighted by Gasteiger charge is 2.37. The normalized spacial score (nSPS) is 16.5. The van der Waals surface area contributed by atoms with Crippen molar-refractivity contribution < 1.29 is 13.7 Å². The summed E-state index contributed by atoms with van der Waals surface area (Å²) in [7, 11) is 0. The second-order valence-electron chi connectivity index (χ2n) is 7.53. The van der Waals surface area contributed by atoms with Crippen molar-refractivity contribution in [3.05, 3.63) is 59.9 Å². The summed E-state index contributed by atoms with van der Waals surface area (Å²) in [6, 6.07) is 7.65. The summed E-state index contributed by atoms with van der Waals surface area (Å²) in [6.45, 7) is 2.69. The Morgan fingerprint density at radius 2 is 1.97 bits per heavy atom. The monoisotopic (exact) mass is 413 g/mol. The third-order valence-corrected chi connectivity index (χ3v) is 5.62. The Morgan fingerprint density at radius 3 is 2.57 bits per heavy atom. The van der Waals surface area contributed by atoms with Crippen molar-refractivity contribution in [1.82, 2.24) is 19.8 Å². The second-order valence-corrected chi connectivity index (χ2v) is 7.53. The number of nitrogens with zero attached hydrogens (tertiary/aromatic N) is 4. The number of aromatic nitrogens is 3. The lowest BCUT2D eigenvalue weighted by Crippen LogP contribution is -2.50. The maximum absolute atomic E-state index is 13.2. The van der Waals surface area contributed by atoms with Gasteiger partial charge in [0.15, 0.2) is 5.82 Å². The first-order chi connectivity index (χ1) is 14.5. The van der Waals surface area contributed by atoms with E-state index in [1.54, 1.807) is 29.3 Å². The van der Waals surface area contributed by atoms with Gasteiger partial charge in [-0.05, 0) is 37.1 Å². The van der Waals surface area contributed by atoms with Crippen LogP contribution in [0, 0.1) is 5.82 Å². The first kappa shape index (κ1) is 20.0. The van der Waals surface area contributed by atoms with Gasteiger partial charge in [-0.25, -0.2) is 4.39 Å².